The Hall–Kier alpha value is -1.03. The minimum Gasteiger partial charge on any atom is -0.478 e. The lowest BCUT2D eigenvalue weighted by molar-refractivity contribution is -0.196. The Kier molecular flexibility index (Phi) is 20.1. The van der Waals surface area contributed by atoms with Crippen molar-refractivity contribution in [1.29, 1.82) is 0 Å². The molecule has 3 rings (SSSR count). The van der Waals surface area contributed by atoms with E-state index in [1.807, 2.05) is 0 Å². The summed E-state index contributed by atoms with van der Waals surface area (Å²) in [6.45, 7) is 1.50. The predicted octanol–water partition coefficient (Wildman–Crippen LogP) is 6.83. The zero-order chi connectivity index (χ0) is 31.3. The van der Waals surface area contributed by atoms with Crippen molar-refractivity contribution in [3.63, 3.8) is 0 Å². The lowest BCUT2D eigenvalue weighted by Gasteiger charge is -2.30. The van der Waals surface area contributed by atoms with E-state index in [4.69, 9.17) is 5.11 Å². The normalized spacial score (nSPS) is 26.5. The Labute approximate surface area is 255 Å². The Morgan fingerprint density at radius 2 is 0.786 bits per heavy atom. The van der Waals surface area contributed by atoms with Crippen molar-refractivity contribution in [2.24, 2.45) is 5.92 Å². The molecule has 42 heavy (non-hydrogen) atoms. The highest BCUT2D eigenvalue weighted by molar-refractivity contribution is 5.85. The van der Waals surface area contributed by atoms with E-state index >= 15 is 0 Å². The third-order valence-corrected chi connectivity index (χ3v) is 9.00. The highest BCUT2D eigenvalue weighted by Gasteiger charge is 2.32. The zero-order valence-corrected chi connectivity index (χ0v) is 26.6. The van der Waals surface area contributed by atoms with E-state index < -0.39 is 29.2 Å². The highest BCUT2D eigenvalue weighted by Crippen LogP contribution is 2.30. The third-order valence-electron chi connectivity index (χ3n) is 9.00. The van der Waals surface area contributed by atoms with Crippen LogP contribution in [-0.4, -0.2) is 59.1 Å². The number of carboxylic acid groups (broad SMARTS) is 1. The average molecular weight is 601 g/mol. The summed E-state index contributed by atoms with van der Waals surface area (Å²) in [5.41, 5.74) is 0.185. The Balaban J connectivity index is 0.000000325. The van der Waals surface area contributed by atoms with E-state index in [-0.39, 0.29) is 5.57 Å². The largest absolute Gasteiger partial charge is 0.478 e. The van der Waals surface area contributed by atoms with E-state index in [9.17, 15) is 35.4 Å². The second-order valence-electron chi connectivity index (χ2n) is 13.2. The molecule has 0 aromatic carbocycles. The summed E-state index contributed by atoms with van der Waals surface area (Å²) < 4.78 is 0. The lowest BCUT2D eigenvalue weighted by atomic mass is 9.86. The summed E-state index contributed by atoms with van der Waals surface area (Å²) in [6, 6.07) is 0. The predicted molar refractivity (Wildman–Crippen MR) is 166 cm³/mol. The van der Waals surface area contributed by atoms with Gasteiger partial charge in [-0.3, -0.25) is 0 Å². The fraction of sp³-hybridized carbons (Fsp3) is 0.912. The second kappa shape index (κ2) is 21.6. The monoisotopic (exact) mass is 600 g/mol. The molecule has 0 aliphatic heterocycles. The van der Waals surface area contributed by atoms with Gasteiger partial charge in [-0.1, -0.05) is 102 Å². The molecule has 8 nitrogen and oxygen atoms in total. The molecular formula is C34H64O8. The summed E-state index contributed by atoms with van der Waals surface area (Å²) in [4.78, 5) is 10.8. The van der Waals surface area contributed by atoms with Crippen molar-refractivity contribution in [1.82, 2.24) is 0 Å². The van der Waals surface area contributed by atoms with Gasteiger partial charge in [-0.15, -0.1) is 0 Å². The molecule has 0 spiro atoms. The van der Waals surface area contributed by atoms with Gasteiger partial charge in [0.05, 0.1) is 0 Å². The molecule has 248 valence electrons. The van der Waals surface area contributed by atoms with Gasteiger partial charge in [0.25, 0.3) is 0 Å². The molecule has 0 amide bonds. The molecular weight excluding hydrogens is 536 g/mol. The minimum atomic E-state index is -1.77. The second-order valence-corrected chi connectivity index (χ2v) is 13.2. The fourth-order valence-corrected chi connectivity index (χ4v) is 6.11. The quantitative estimate of drug-likeness (QED) is 0.134. The number of carboxylic acids is 1. The molecule has 0 saturated heterocycles. The van der Waals surface area contributed by atoms with Gasteiger partial charge in [0, 0.05) is 43.6 Å². The number of aliphatic carboxylic acids is 1. The van der Waals surface area contributed by atoms with Gasteiger partial charge >= 0.3 is 5.97 Å². The first-order valence-corrected chi connectivity index (χ1v) is 17.1. The summed E-state index contributed by atoms with van der Waals surface area (Å²) in [6.07, 6.45) is 27.0. The van der Waals surface area contributed by atoms with Crippen molar-refractivity contribution < 1.29 is 40.5 Å². The van der Waals surface area contributed by atoms with Crippen LogP contribution in [0.5, 0.6) is 0 Å². The number of carbonyl (C=O) groups is 1. The fourth-order valence-electron chi connectivity index (χ4n) is 6.11. The molecule has 7 N–H and O–H groups in total. The van der Waals surface area contributed by atoms with Crippen LogP contribution >= 0.6 is 0 Å². The van der Waals surface area contributed by atoms with Crippen molar-refractivity contribution >= 4 is 5.97 Å². The molecule has 0 bridgehead atoms. The van der Waals surface area contributed by atoms with Gasteiger partial charge in [-0.2, -0.15) is 0 Å². The maximum Gasteiger partial charge on any atom is 0.330 e. The molecule has 0 aromatic heterocycles. The molecule has 3 aliphatic carbocycles. The maximum absolute atomic E-state index is 10.8. The van der Waals surface area contributed by atoms with Crippen LogP contribution in [0.1, 0.15) is 174 Å². The van der Waals surface area contributed by atoms with Crippen LogP contribution in [0.4, 0.5) is 0 Å². The Morgan fingerprint density at radius 1 is 0.500 bits per heavy atom. The van der Waals surface area contributed by atoms with Crippen molar-refractivity contribution in [3.8, 4) is 0 Å². The Morgan fingerprint density at radius 3 is 1.12 bits per heavy atom. The molecule has 1 atom stereocenters. The molecule has 0 aromatic rings. The lowest BCUT2D eigenvalue weighted by Crippen LogP contribution is -2.37. The van der Waals surface area contributed by atoms with E-state index in [0.717, 1.165) is 83.5 Å². The van der Waals surface area contributed by atoms with E-state index in [1.165, 1.54) is 57.9 Å². The van der Waals surface area contributed by atoms with Gasteiger partial charge in [-0.05, 0) is 45.4 Å². The van der Waals surface area contributed by atoms with Crippen LogP contribution in [0.3, 0.4) is 0 Å². The number of aliphatic hydroxyl groups is 6. The highest BCUT2D eigenvalue weighted by atomic mass is 16.5. The first kappa shape index (κ1) is 39.0. The molecule has 0 radical (unpaired) electrons. The topological polar surface area (TPSA) is 159 Å². The standard InChI is InChI=1S/C14H24O4.2C10H20O2/c1-11(13(15)16)10-12-8-6-4-2-3-5-7-9-14(12,17)18;2*11-10(12)8-6-4-2-1-3-5-7-9-10/h10,12,17-18H,2-9H2,1H3,(H,15,16);2*11-12H,1-9H2. The molecule has 1 unspecified atom stereocenters. The summed E-state index contributed by atoms with van der Waals surface area (Å²) in [5.74, 6) is -5.97. The minimum absolute atomic E-state index is 0.185. The zero-order valence-electron chi connectivity index (χ0n) is 26.6. The smallest absolute Gasteiger partial charge is 0.330 e. The van der Waals surface area contributed by atoms with Crippen molar-refractivity contribution in [2.75, 3.05) is 0 Å². The van der Waals surface area contributed by atoms with Gasteiger partial charge in [0.1, 0.15) is 0 Å². The van der Waals surface area contributed by atoms with E-state index in [1.54, 1.807) is 0 Å². The van der Waals surface area contributed by atoms with Gasteiger partial charge < -0.3 is 35.7 Å². The SMILES string of the molecule is CC(=CC1CCCCCCCCC1(O)O)C(=O)O.OC1(O)CCCCCCCCC1.OC1(O)CCCCCCCCC1. The van der Waals surface area contributed by atoms with Crippen LogP contribution in [0, 0.1) is 5.92 Å². The summed E-state index contributed by atoms with van der Waals surface area (Å²) in [7, 11) is 0. The Bertz CT molecular complexity index is 677. The van der Waals surface area contributed by atoms with Crippen LogP contribution in [0.25, 0.3) is 0 Å². The van der Waals surface area contributed by atoms with Gasteiger partial charge in [-0.25, -0.2) is 4.79 Å². The number of hydrogen-bond donors (Lipinski definition) is 7. The van der Waals surface area contributed by atoms with E-state index in [0.29, 0.717) is 38.5 Å². The maximum atomic E-state index is 10.8. The summed E-state index contributed by atoms with van der Waals surface area (Å²) in [5, 5.41) is 66.9. The van der Waals surface area contributed by atoms with Crippen molar-refractivity contribution in [3.05, 3.63) is 11.6 Å². The molecule has 8 heteroatoms. The van der Waals surface area contributed by atoms with Gasteiger partial charge in [0.15, 0.2) is 17.4 Å². The number of rotatable bonds is 2. The molecule has 3 aliphatic rings. The van der Waals surface area contributed by atoms with Crippen LogP contribution in [0.15, 0.2) is 11.6 Å². The van der Waals surface area contributed by atoms with Crippen LogP contribution in [-0.2, 0) is 4.79 Å². The van der Waals surface area contributed by atoms with Crippen LogP contribution in [0.2, 0.25) is 0 Å². The first-order chi connectivity index (χ1) is 19.8. The molecule has 3 saturated carbocycles. The summed E-state index contributed by atoms with van der Waals surface area (Å²) >= 11 is 0. The molecule has 0 heterocycles. The van der Waals surface area contributed by atoms with E-state index in [2.05, 4.69) is 0 Å². The van der Waals surface area contributed by atoms with Crippen LogP contribution < -0.4 is 0 Å². The van der Waals surface area contributed by atoms with Crippen molar-refractivity contribution in [2.45, 2.75) is 191 Å². The third kappa shape index (κ3) is 20.0. The van der Waals surface area contributed by atoms with Gasteiger partial charge in [0.2, 0.25) is 0 Å². The number of hydrogen-bond acceptors (Lipinski definition) is 7. The first-order valence-electron chi connectivity index (χ1n) is 17.1. The average Bonchev–Trinajstić information content (AvgIpc) is 2.92. The molecule has 3 fully saturated rings.